The molecule has 9 nitrogen and oxygen atoms in total. The second kappa shape index (κ2) is 12.6. The molecular formula is C22H36N6O3. The first-order valence-corrected chi connectivity index (χ1v) is 10.6. The Kier molecular flexibility index (Phi) is 10.6. The molecule has 0 aromatic carbocycles. The van der Waals surface area contributed by atoms with E-state index in [2.05, 4.69) is 44.7 Å². The summed E-state index contributed by atoms with van der Waals surface area (Å²) in [6.45, 7) is 10.4. The summed E-state index contributed by atoms with van der Waals surface area (Å²) < 4.78 is 5.29. The molecule has 9 heteroatoms. The Hall–Kier alpha value is -3.02. The van der Waals surface area contributed by atoms with E-state index in [0.717, 1.165) is 18.5 Å². The van der Waals surface area contributed by atoms with E-state index in [1.54, 1.807) is 48.0 Å². The lowest BCUT2D eigenvalue weighted by Crippen LogP contribution is -2.47. The largest absolute Gasteiger partial charge is 0.444 e. The summed E-state index contributed by atoms with van der Waals surface area (Å²) in [5.41, 5.74) is 0.133. The van der Waals surface area contributed by atoms with Crippen LogP contribution in [0.5, 0.6) is 0 Å². The number of likely N-dealkylation sites (N-methyl/N-ethyl adjacent to an activating group) is 1. The quantitative estimate of drug-likeness (QED) is 0.407. The summed E-state index contributed by atoms with van der Waals surface area (Å²) in [6, 6.07) is -0.629. The third-order valence-electron chi connectivity index (χ3n) is 4.20. The van der Waals surface area contributed by atoms with Crippen LogP contribution in [0.4, 0.5) is 16.6 Å². The fourth-order valence-electron chi connectivity index (χ4n) is 2.33. The van der Waals surface area contributed by atoms with Crippen molar-refractivity contribution in [1.29, 1.82) is 0 Å². The molecule has 1 heterocycles. The van der Waals surface area contributed by atoms with E-state index in [-0.39, 0.29) is 5.91 Å². The maximum absolute atomic E-state index is 12.3. The highest BCUT2D eigenvalue weighted by molar-refractivity contribution is 5.85. The minimum absolute atomic E-state index is 0.233. The molecule has 0 unspecified atom stereocenters. The van der Waals surface area contributed by atoms with Gasteiger partial charge in [0.1, 0.15) is 17.5 Å². The summed E-state index contributed by atoms with van der Waals surface area (Å²) in [5, 5.41) is 9.01. The maximum atomic E-state index is 12.3. The number of aromatic nitrogens is 2. The molecule has 172 valence electrons. The van der Waals surface area contributed by atoms with Crippen molar-refractivity contribution >= 4 is 23.8 Å². The van der Waals surface area contributed by atoms with Crippen molar-refractivity contribution in [2.45, 2.75) is 65.5 Å². The van der Waals surface area contributed by atoms with Gasteiger partial charge in [-0.25, -0.2) is 9.78 Å². The van der Waals surface area contributed by atoms with Gasteiger partial charge in [0.2, 0.25) is 11.9 Å². The minimum Gasteiger partial charge on any atom is -0.444 e. The summed E-state index contributed by atoms with van der Waals surface area (Å²) >= 11 is 0. The first kappa shape index (κ1) is 26.0. The summed E-state index contributed by atoms with van der Waals surface area (Å²) in [5.74, 6) is 7.21. The van der Waals surface area contributed by atoms with Crippen LogP contribution in [-0.2, 0) is 9.53 Å². The zero-order valence-corrected chi connectivity index (χ0v) is 19.8. The van der Waals surface area contributed by atoms with Crippen molar-refractivity contribution in [3.63, 3.8) is 0 Å². The number of anilines is 2. The predicted octanol–water partition coefficient (Wildman–Crippen LogP) is 2.84. The zero-order chi connectivity index (χ0) is 23.4. The van der Waals surface area contributed by atoms with Crippen LogP contribution < -0.4 is 16.0 Å². The Bertz CT molecular complexity index is 795. The highest BCUT2D eigenvalue weighted by Gasteiger charge is 2.26. The van der Waals surface area contributed by atoms with Crippen LogP contribution >= 0.6 is 0 Å². The van der Waals surface area contributed by atoms with Crippen LogP contribution in [0.1, 0.15) is 59.4 Å². The number of nitrogens with one attached hydrogen (secondary N) is 3. The molecule has 0 spiro atoms. The van der Waals surface area contributed by atoms with Crippen molar-refractivity contribution in [3.8, 4) is 11.8 Å². The Morgan fingerprint density at radius 2 is 2.00 bits per heavy atom. The molecule has 0 bridgehead atoms. The van der Waals surface area contributed by atoms with Gasteiger partial charge in [-0.1, -0.05) is 18.8 Å². The second-order valence-corrected chi connectivity index (χ2v) is 8.10. The molecule has 1 aromatic rings. The van der Waals surface area contributed by atoms with E-state index in [0.29, 0.717) is 31.2 Å². The molecule has 1 rings (SSSR count). The van der Waals surface area contributed by atoms with Crippen LogP contribution in [0.15, 0.2) is 6.20 Å². The third-order valence-corrected chi connectivity index (χ3v) is 4.20. The fourth-order valence-corrected chi connectivity index (χ4v) is 2.33. The van der Waals surface area contributed by atoms with Gasteiger partial charge in [-0.3, -0.25) is 9.69 Å². The van der Waals surface area contributed by atoms with Gasteiger partial charge in [0.05, 0.1) is 11.8 Å². The Morgan fingerprint density at radius 3 is 2.61 bits per heavy atom. The van der Waals surface area contributed by atoms with Crippen molar-refractivity contribution < 1.29 is 14.3 Å². The molecule has 31 heavy (non-hydrogen) atoms. The average Bonchev–Trinajstić information content (AvgIpc) is 2.72. The van der Waals surface area contributed by atoms with Crippen LogP contribution in [0.3, 0.4) is 0 Å². The molecule has 0 saturated heterocycles. The van der Waals surface area contributed by atoms with Crippen LogP contribution in [0, 0.1) is 11.8 Å². The zero-order valence-electron chi connectivity index (χ0n) is 19.8. The number of unbranched alkanes of at least 4 members (excludes halogenated alkanes) is 1. The van der Waals surface area contributed by atoms with Crippen LogP contribution in [0.25, 0.3) is 0 Å². The van der Waals surface area contributed by atoms with E-state index >= 15 is 0 Å². The molecule has 0 saturated carbocycles. The fraction of sp³-hybridized carbons (Fsp3) is 0.636. The summed E-state index contributed by atoms with van der Waals surface area (Å²) in [6.07, 6.45) is 3.44. The number of hydrogen-bond donors (Lipinski definition) is 3. The van der Waals surface area contributed by atoms with Crippen LogP contribution in [-0.4, -0.2) is 65.7 Å². The lowest BCUT2D eigenvalue weighted by atomic mass is 10.2. The number of hydrogen-bond acceptors (Lipinski definition) is 7. The Labute approximate surface area is 185 Å². The smallest absolute Gasteiger partial charge is 0.410 e. The van der Waals surface area contributed by atoms with Gasteiger partial charge >= 0.3 is 6.09 Å². The van der Waals surface area contributed by atoms with Crippen molar-refractivity contribution in [2.24, 2.45) is 0 Å². The van der Waals surface area contributed by atoms with E-state index in [9.17, 15) is 9.59 Å². The molecule has 0 fully saturated rings. The number of ether oxygens (including phenoxy) is 1. The standard InChI is InChI=1S/C22H36N6O3/c1-8-13-24-18-17(15-26-20(23-6)27-18)12-10-9-11-14-25-19(29)16(2)28(7)21(30)31-22(3,4)5/h15-16H,8-9,11,13-14H2,1-7H3,(H,25,29)(H2,23,24,26,27)/t16-/m0/s1. The number of rotatable bonds is 9. The Balaban J connectivity index is 2.50. The van der Waals surface area contributed by atoms with Gasteiger partial charge in [-0.05, 0) is 40.5 Å². The first-order chi connectivity index (χ1) is 14.6. The van der Waals surface area contributed by atoms with Crippen molar-refractivity contribution in [1.82, 2.24) is 20.2 Å². The number of amides is 2. The topological polar surface area (TPSA) is 108 Å². The van der Waals surface area contributed by atoms with E-state index in [1.807, 2.05) is 0 Å². The Morgan fingerprint density at radius 1 is 1.29 bits per heavy atom. The van der Waals surface area contributed by atoms with Gasteiger partial charge in [-0.2, -0.15) is 4.98 Å². The van der Waals surface area contributed by atoms with Gasteiger partial charge in [0.25, 0.3) is 0 Å². The lowest BCUT2D eigenvalue weighted by Gasteiger charge is -2.28. The maximum Gasteiger partial charge on any atom is 0.410 e. The summed E-state index contributed by atoms with van der Waals surface area (Å²) in [4.78, 5) is 34.3. The van der Waals surface area contributed by atoms with E-state index < -0.39 is 17.7 Å². The molecular weight excluding hydrogens is 396 g/mol. The van der Waals surface area contributed by atoms with Crippen molar-refractivity contribution in [2.75, 3.05) is 37.8 Å². The highest BCUT2D eigenvalue weighted by atomic mass is 16.6. The summed E-state index contributed by atoms with van der Waals surface area (Å²) in [7, 11) is 3.32. The van der Waals surface area contributed by atoms with Gasteiger partial charge in [0, 0.05) is 33.6 Å². The van der Waals surface area contributed by atoms with Gasteiger partial charge in [0.15, 0.2) is 0 Å². The SMILES string of the molecule is CCCNc1nc(NC)ncc1C#CCCCNC(=O)[C@H](C)N(C)C(=O)OC(C)(C)C. The lowest BCUT2D eigenvalue weighted by molar-refractivity contribution is -0.125. The van der Waals surface area contributed by atoms with Crippen molar-refractivity contribution in [3.05, 3.63) is 11.8 Å². The van der Waals surface area contributed by atoms with E-state index in [4.69, 9.17) is 4.74 Å². The first-order valence-electron chi connectivity index (χ1n) is 10.6. The highest BCUT2D eigenvalue weighted by Crippen LogP contribution is 2.13. The molecule has 3 N–H and O–H groups in total. The van der Waals surface area contributed by atoms with E-state index in [1.165, 1.54) is 4.90 Å². The molecule has 0 aliphatic heterocycles. The van der Waals surface area contributed by atoms with Crippen LogP contribution in [0.2, 0.25) is 0 Å². The number of nitrogens with zero attached hydrogens (tertiary/aromatic N) is 3. The molecule has 2 amide bonds. The minimum atomic E-state index is -0.629. The number of carbonyl (C=O) groups excluding carboxylic acids is 2. The molecule has 0 radical (unpaired) electrons. The normalized spacial score (nSPS) is 11.6. The molecule has 0 aliphatic rings. The second-order valence-electron chi connectivity index (χ2n) is 8.10. The van der Waals surface area contributed by atoms with Gasteiger partial charge in [-0.15, -0.1) is 0 Å². The predicted molar refractivity (Wildman–Crippen MR) is 123 cm³/mol. The number of carbonyl (C=O) groups is 2. The van der Waals surface area contributed by atoms with Gasteiger partial charge < -0.3 is 20.7 Å². The molecule has 1 atom stereocenters. The average molecular weight is 433 g/mol. The third kappa shape index (κ3) is 9.55. The molecule has 1 aromatic heterocycles. The monoisotopic (exact) mass is 432 g/mol. The molecule has 0 aliphatic carbocycles.